The van der Waals surface area contributed by atoms with E-state index in [1.165, 1.54) is 0 Å². The Hall–Kier alpha value is -2.13. The smallest absolute Gasteiger partial charge is 0.222 e. The summed E-state index contributed by atoms with van der Waals surface area (Å²) in [6, 6.07) is 3.69. The topological polar surface area (TPSA) is 67.4 Å². The highest BCUT2D eigenvalue weighted by atomic mass is 16.5. The maximum Gasteiger partial charge on any atom is 0.222 e. The average Bonchev–Trinajstić information content (AvgIpc) is 3.10. The van der Waals surface area contributed by atoms with Crippen molar-refractivity contribution < 1.29 is 13.9 Å². The molecule has 0 spiro atoms. The highest BCUT2D eigenvalue weighted by Crippen LogP contribution is 2.37. The molecule has 0 N–H and O–H groups in total. The van der Waals surface area contributed by atoms with Gasteiger partial charge < -0.3 is 14.1 Å². The van der Waals surface area contributed by atoms with Crippen LogP contribution in [0.5, 0.6) is 0 Å². The number of nitrogens with zero attached hydrogens (tertiary/aromatic N) is 3. The Morgan fingerprint density at radius 1 is 1.50 bits per heavy atom. The molecule has 3 rings (SSSR count). The third-order valence-electron chi connectivity index (χ3n) is 4.07. The lowest BCUT2D eigenvalue weighted by Crippen LogP contribution is -2.42. The fraction of sp³-hybridized carbons (Fsp3) is 0.562. The molecule has 0 aliphatic carbocycles. The molecule has 0 saturated carbocycles. The summed E-state index contributed by atoms with van der Waals surface area (Å²) in [5.74, 6) is 3.46. The molecule has 0 aromatic carbocycles. The Kier molecular flexibility index (Phi) is 4.25. The van der Waals surface area contributed by atoms with E-state index in [1.54, 1.807) is 6.26 Å². The molecule has 0 radical (unpaired) electrons. The van der Waals surface area contributed by atoms with Gasteiger partial charge in [0.15, 0.2) is 5.66 Å². The second-order valence-corrected chi connectivity index (χ2v) is 5.60. The number of ether oxygens (including phenoxy) is 1. The molecule has 2 aliphatic rings. The summed E-state index contributed by atoms with van der Waals surface area (Å²) in [6.07, 6.45) is 9.14. The van der Waals surface area contributed by atoms with Crippen molar-refractivity contribution in [2.24, 2.45) is 10.2 Å². The zero-order valence-corrected chi connectivity index (χ0v) is 12.4. The number of rotatable bonds is 6. The van der Waals surface area contributed by atoms with E-state index in [4.69, 9.17) is 15.6 Å². The van der Waals surface area contributed by atoms with Gasteiger partial charge in [0, 0.05) is 32.2 Å². The highest BCUT2D eigenvalue weighted by Gasteiger charge is 2.40. The number of amides is 1. The molecule has 1 unspecified atom stereocenters. The minimum Gasteiger partial charge on any atom is -0.467 e. The van der Waals surface area contributed by atoms with E-state index in [-0.39, 0.29) is 12.0 Å². The van der Waals surface area contributed by atoms with Gasteiger partial charge in [0.2, 0.25) is 5.91 Å². The Morgan fingerprint density at radius 3 is 3.05 bits per heavy atom. The Labute approximate surface area is 129 Å². The van der Waals surface area contributed by atoms with Crippen LogP contribution in [0.4, 0.5) is 0 Å². The summed E-state index contributed by atoms with van der Waals surface area (Å²) in [5, 5.41) is 8.13. The fourth-order valence-corrected chi connectivity index (χ4v) is 2.66. The molecule has 22 heavy (non-hydrogen) atoms. The van der Waals surface area contributed by atoms with Crippen LogP contribution < -0.4 is 0 Å². The lowest BCUT2D eigenvalue weighted by molar-refractivity contribution is -0.140. The lowest BCUT2D eigenvalue weighted by atomic mass is 10.0. The number of hydrogen-bond acceptors (Lipinski definition) is 5. The quantitative estimate of drug-likeness (QED) is 0.758. The molecule has 1 fully saturated rings. The van der Waals surface area contributed by atoms with Crippen molar-refractivity contribution in [3.8, 4) is 12.3 Å². The molecule has 1 aromatic heterocycles. The van der Waals surface area contributed by atoms with Crippen LogP contribution in [0.25, 0.3) is 0 Å². The minimum atomic E-state index is -0.394. The van der Waals surface area contributed by atoms with Crippen LogP contribution in [-0.2, 0) is 9.53 Å². The number of morpholine rings is 1. The van der Waals surface area contributed by atoms with Crippen molar-refractivity contribution in [1.29, 1.82) is 0 Å². The van der Waals surface area contributed by atoms with E-state index in [0.29, 0.717) is 39.0 Å². The van der Waals surface area contributed by atoms with Crippen molar-refractivity contribution in [3.05, 3.63) is 24.2 Å². The molecule has 0 bridgehead atoms. The van der Waals surface area contributed by atoms with E-state index in [0.717, 1.165) is 12.2 Å². The number of carbonyl (C=O) groups excluding carboxylic acids is 1. The van der Waals surface area contributed by atoms with Crippen molar-refractivity contribution >= 4 is 5.91 Å². The molecule has 1 atom stereocenters. The van der Waals surface area contributed by atoms with E-state index in [1.807, 2.05) is 17.0 Å². The number of hydrogen-bond donors (Lipinski definition) is 0. The van der Waals surface area contributed by atoms with Crippen LogP contribution in [0.15, 0.2) is 33.0 Å². The normalized spacial score (nSPS) is 22.3. The fourth-order valence-electron chi connectivity index (χ4n) is 2.66. The zero-order valence-electron chi connectivity index (χ0n) is 12.4. The van der Waals surface area contributed by atoms with Crippen LogP contribution in [0.3, 0.4) is 0 Å². The third kappa shape index (κ3) is 3.37. The SMILES string of the molecule is C#CCCC1(CCC(=O)N2CCOC(c3ccco3)C2)N=N1. The van der Waals surface area contributed by atoms with Crippen molar-refractivity contribution in [2.75, 3.05) is 19.7 Å². The molecular weight excluding hydrogens is 282 g/mol. The number of furan rings is 1. The first-order valence-electron chi connectivity index (χ1n) is 7.53. The maximum atomic E-state index is 12.4. The highest BCUT2D eigenvalue weighted by molar-refractivity contribution is 5.76. The van der Waals surface area contributed by atoms with E-state index < -0.39 is 5.66 Å². The van der Waals surface area contributed by atoms with Crippen molar-refractivity contribution in [1.82, 2.24) is 4.90 Å². The van der Waals surface area contributed by atoms with Gasteiger partial charge in [0.1, 0.15) is 11.9 Å². The van der Waals surface area contributed by atoms with Gasteiger partial charge in [0.05, 0.1) is 19.4 Å². The summed E-state index contributed by atoms with van der Waals surface area (Å²) in [5.41, 5.74) is -0.394. The van der Waals surface area contributed by atoms with Gasteiger partial charge in [-0.3, -0.25) is 4.79 Å². The Balaban J connectivity index is 1.49. The van der Waals surface area contributed by atoms with Gasteiger partial charge in [-0.2, -0.15) is 10.2 Å². The van der Waals surface area contributed by atoms with Crippen LogP contribution in [0.1, 0.15) is 37.5 Å². The summed E-state index contributed by atoms with van der Waals surface area (Å²) in [4.78, 5) is 14.2. The zero-order chi connectivity index (χ0) is 15.4. The van der Waals surface area contributed by atoms with Crippen LogP contribution in [0, 0.1) is 12.3 Å². The van der Waals surface area contributed by atoms with Crippen LogP contribution >= 0.6 is 0 Å². The first-order chi connectivity index (χ1) is 10.7. The largest absolute Gasteiger partial charge is 0.467 e. The third-order valence-corrected chi connectivity index (χ3v) is 4.07. The van der Waals surface area contributed by atoms with E-state index in [9.17, 15) is 4.79 Å². The van der Waals surface area contributed by atoms with Gasteiger partial charge in [-0.05, 0) is 12.1 Å². The minimum absolute atomic E-state index is 0.109. The maximum absolute atomic E-state index is 12.4. The summed E-state index contributed by atoms with van der Waals surface area (Å²) >= 11 is 0. The van der Waals surface area contributed by atoms with Crippen LogP contribution in [-0.4, -0.2) is 36.2 Å². The molecule has 2 aliphatic heterocycles. The monoisotopic (exact) mass is 301 g/mol. The number of carbonyl (C=O) groups is 1. The molecule has 1 aromatic rings. The molecule has 6 heteroatoms. The standard InChI is InChI=1S/C16H19N3O3/c1-2-3-7-16(17-18-16)8-6-15(20)19-9-11-22-14(12-19)13-5-4-10-21-13/h1,4-5,10,14H,3,6-9,11-12H2. The van der Waals surface area contributed by atoms with Crippen LogP contribution in [0.2, 0.25) is 0 Å². The van der Waals surface area contributed by atoms with Crippen molar-refractivity contribution in [3.63, 3.8) is 0 Å². The molecule has 1 amide bonds. The lowest BCUT2D eigenvalue weighted by Gasteiger charge is -2.32. The summed E-state index contributed by atoms with van der Waals surface area (Å²) in [7, 11) is 0. The van der Waals surface area contributed by atoms with Gasteiger partial charge >= 0.3 is 0 Å². The van der Waals surface area contributed by atoms with Gasteiger partial charge in [-0.15, -0.1) is 12.3 Å². The molecule has 3 heterocycles. The Bertz CT molecular complexity index is 582. The molecule has 116 valence electrons. The predicted molar refractivity (Wildman–Crippen MR) is 78.9 cm³/mol. The van der Waals surface area contributed by atoms with Crippen molar-refractivity contribution in [2.45, 2.75) is 37.5 Å². The first-order valence-corrected chi connectivity index (χ1v) is 7.53. The van der Waals surface area contributed by atoms with E-state index in [2.05, 4.69) is 16.1 Å². The predicted octanol–water partition coefficient (Wildman–Crippen LogP) is 2.54. The Morgan fingerprint density at radius 2 is 2.36 bits per heavy atom. The number of terminal acetylenes is 1. The summed E-state index contributed by atoms with van der Waals surface area (Å²) < 4.78 is 11.0. The van der Waals surface area contributed by atoms with E-state index >= 15 is 0 Å². The summed E-state index contributed by atoms with van der Waals surface area (Å²) in [6.45, 7) is 1.66. The molecule has 1 saturated heterocycles. The van der Waals surface area contributed by atoms with Gasteiger partial charge in [0.25, 0.3) is 0 Å². The van der Waals surface area contributed by atoms with Gasteiger partial charge in [-0.25, -0.2) is 0 Å². The molecule has 6 nitrogen and oxygen atoms in total. The first kappa shape index (κ1) is 14.8. The second kappa shape index (κ2) is 6.32. The average molecular weight is 301 g/mol. The molecular formula is C16H19N3O3. The van der Waals surface area contributed by atoms with Gasteiger partial charge in [-0.1, -0.05) is 0 Å². The second-order valence-electron chi connectivity index (χ2n) is 5.60.